The molecule has 0 bridgehead atoms. The van der Waals surface area contributed by atoms with Gasteiger partial charge in [-0.1, -0.05) is 0 Å². The molecule has 2 heterocycles. The maximum Gasteiger partial charge on any atom is 0.224 e. The number of halogens is 1. The lowest BCUT2D eigenvalue weighted by Crippen LogP contribution is -2.43. The van der Waals surface area contributed by atoms with Gasteiger partial charge in [-0.2, -0.15) is 5.10 Å². The second kappa shape index (κ2) is 4.77. The van der Waals surface area contributed by atoms with Crippen LogP contribution < -0.4 is 10.6 Å². The average molecular weight is 316 g/mol. The lowest BCUT2D eigenvalue weighted by molar-refractivity contribution is -0.124. The lowest BCUT2D eigenvalue weighted by atomic mass is 9.96. The quantitative estimate of drug-likeness (QED) is 0.903. The van der Waals surface area contributed by atoms with E-state index in [1.54, 1.807) is 10.7 Å². The summed E-state index contributed by atoms with van der Waals surface area (Å²) in [5.74, 6) is 0.855. The number of hydrogen-bond acceptors (Lipinski definition) is 3. The second-order valence-corrected chi connectivity index (χ2v) is 7.26. The molecule has 1 amide bonds. The first kappa shape index (κ1) is 14.6. The molecule has 5 nitrogen and oxygen atoms in total. The summed E-state index contributed by atoms with van der Waals surface area (Å²) in [4.78, 5) is 12.6. The molecule has 1 aliphatic carbocycles. The van der Waals surface area contributed by atoms with Crippen molar-refractivity contribution in [3.8, 4) is 0 Å². The van der Waals surface area contributed by atoms with Crippen LogP contribution in [-0.4, -0.2) is 28.8 Å². The maximum absolute atomic E-state index is 13.6. The van der Waals surface area contributed by atoms with Crippen molar-refractivity contribution in [1.29, 1.82) is 0 Å². The highest BCUT2D eigenvalue weighted by Crippen LogP contribution is 2.49. The van der Waals surface area contributed by atoms with Gasteiger partial charge in [0.1, 0.15) is 5.82 Å². The highest BCUT2D eigenvalue weighted by atomic mass is 19.1. The van der Waals surface area contributed by atoms with E-state index in [1.165, 1.54) is 12.1 Å². The largest absolute Gasteiger partial charge is 0.345 e. The predicted molar refractivity (Wildman–Crippen MR) is 85.2 cm³/mol. The van der Waals surface area contributed by atoms with Gasteiger partial charge in [-0.15, -0.1) is 0 Å². The van der Waals surface area contributed by atoms with Gasteiger partial charge in [-0.05, 0) is 57.0 Å². The molecular weight excluding hydrogens is 295 g/mol. The minimum Gasteiger partial charge on any atom is -0.345 e. The number of hydrogen-bond donors (Lipinski definition) is 2. The van der Waals surface area contributed by atoms with Gasteiger partial charge in [0, 0.05) is 18.4 Å². The Balaban J connectivity index is 1.63. The summed E-state index contributed by atoms with van der Waals surface area (Å²) in [5.41, 5.74) is 0.914. The molecule has 0 spiro atoms. The maximum atomic E-state index is 13.6. The van der Waals surface area contributed by atoms with Crippen LogP contribution >= 0.6 is 0 Å². The molecule has 2 N–H and O–H groups in total. The highest BCUT2D eigenvalue weighted by molar-refractivity contribution is 5.86. The molecule has 2 aliphatic rings. The van der Waals surface area contributed by atoms with Gasteiger partial charge in [0.15, 0.2) is 0 Å². The zero-order valence-corrected chi connectivity index (χ0v) is 13.6. The topological polar surface area (TPSA) is 59.0 Å². The van der Waals surface area contributed by atoms with Gasteiger partial charge in [0.25, 0.3) is 0 Å². The summed E-state index contributed by atoms with van der Waals surface area (Å²) in [5, 5.41) is 11.7. The number of aryl methyl sites for hydroxylation is 1. The molecule has 2 fully saturated rings. The average Bonchev–Trinajstić information content (AvgIpc) is 2.80. The number of amides is 1. The van der Waals surface area contributed by atoms with Crippen LogP contribution in [0.15, 0.2) is 18.2 Å². The summed E-state index contributed by atoms with van der Waals surface area (Å²) in [6, 6.07) is 4.63. The standard InChI is InChI=1S/C17H21FN4O/c1-17(2,20-16(23)14-11-7-19-8-12(11)14)15-10-6-9(18)4-5-13(10)22(3)21-15/h4-6,11-12,14,19H,7-8H2,1-3H3,(H,20,23)/t11-,12+,14+. The SMILES string of the molecule is Cn1nc(C(C)(C)NC(=O)[C@H]2[C@@H]3CNC[C@@H]32)c2cc(F)ccc21. The van der Waals surface area contributed by atoms with Crippen molar-refractivity contribution in [3.05, 3.63) is 29.7 Å². The van der Waals surface area contributed by atoms with E-state index in [0.29, 0.717) is 17.5 Å². The molecule has 23 heavy (non-hydrogen) atoms. The number of aromatic nitrogens is 2. The van der Waals surface area contributed by atoms with Crippen LogP contribution in [0.25, 0.3) is 10.9 Å². The van der Waals surface area contributed by atoms with Gasteiger partial charge in [-0.25, -0.2) is 4.39 Å². The molecule has 0 unspecified atom stereocenters. The van der Waals surface area contributed by atoms with Gasteiger partial charge >= 0.3 is 0 Å². The molecule has 1 aliphatic heterocycles. The van der Waals surface area contributed by atoms with Crippen molar-refractivity contribution >= 4 is 16.8 Å². The van der Waals surface area contributed by atoms with Crippen LogP contribution in [0.1, 0.15) is 19.5 Å². The third-order valence-corrected chi connectivity index (χ3v) is 5.23. The zero-order chi connectivity index (χ0) is 16.4. The number of benzene rings is 1. The van der Waals surface area contributed by atoms with E-state index >= 15 is 0 Å². The molecule has 4 rings (SSSR count). The molecule has 0 radical (unpaired) electrons. The van der Waals surface area contributed by atoms with Crippen LogP contribution in [0.3, 0.4) is 0 Å². The van der Waals surface area contributed by atoms with E-state index in [2.05, 4.69) is 15.7 Å². The zero-order valence-electron chi connectivity index (χ0n) is 13.6. The fourth-order valence-corrected chi connectivity index (χ4v) is 3.96. The van der Waals surface area contributed by atoms with Gasteiger partial charge in [-0.3, -0.25) is 9.48 Å². The molecule has 1 saturated carbocycles. The van der Waals surface area contributed by atoms with E-state index in [-0.39, 0.29) is 17.6 Å². The van der Waals surface area contributed by atoms with Crippen molar-refractivity contribution in [2.24, 2.45) is 24.8 Å². The Morgan fingerprint density at radius 2 is 2.09 bits per heavy atom. The second-order valence-electron chi connectivity index (χ2n) is 7.26. The van der Waals surface area contributed by atoms with Crippen LogP contribution in [0.2, 0.25) is 0 Å². The fraction of sp³-hybridized carbons (Fsp3) is 0.529. The first-order valence-electron chi connectivity index (χ1n) is 8.04. The van der Waals surface area contributed by atoms with Gasteiger partial charge in [0.05, 0.1) is 16.7 Å². The summed E-state index contributed by atoms with van der Waals surface area (Å²) in [6.45, 7) is 5.71. The Kier molecular flexibility index (Phi) is 3.04. The Morgan fingerprint density at radius 3 is 2.78 bits per heavy atom. The number of carbonyl (C=O) groups excluding carboxylic acids is 1. The number of carbonyl (C=O) groups is 1. The van der Waals surface area contributed by atoms with Crippen molar-refractivity contribution in [2.45, 2.75) is 19.4 Å². The normalized spacial score (nSPS) is 26.3. The Morgan fingerprint density at radius 1 is 1.39 bits per heavy atom. The van der Waals surface area contributed by atoms with Crippen molar-refractivity contribution in [3.63, 3.8) is 0 Å². The predicted octanol–water partition coefficient (Wildman–Crippen LogP) is 1.53. The monoisotopic (exact) mass is 316 g/mol. The molecule has 6 heteroatoms. The third-order valence-electron chi connectivity index (χ3n) is 5.23. The van der Waals surface area contributed by atoms with E-state index < -0.39 is 5.54 Å². The van der Waals surface area contributed by atoms with Crippen molar-refractivity contribution in [2.75, 3.05) is 13.1 Å². The van der Waals surface area contributed by atoms with Crippen LogP contribution in [0, 0.1) is 23.6 Å². The molecule has 1 aromatic carbocycles. The lowest BCUT2D eigenvalue weighted by Gasteiger charge is -2.25. The highest BCUT2D eigenvalue weighted by Gasteiger charge is 2.57. The summed E-state index contributed by atoms with van der Waals surface area (Å²) in [7, 11) is 1.83. The van der Waals surface area contributed by atoms with Crippen molar-refractivity contribution in [1.82, 2.24) is 20.4 Å². The number of fused-ring (bicyclic) bond motifs is 2. The minimum absolute atomic E-state index is 0.0849. The molecule has 3 atom stereocenters. The van der Waals surface area contributed by atoms with E-state index in [1.807, 2.05) is 20.9 Å². The van der Waals surface area contributed by atoms with E-state index in [0.717, 1.165) is 24.0 Å². The van der Waals surface area contributed by atoms with Crippen molar-refractivity contribution < 1.29 is 9.18 Å². The van der Waals surface area contributed by atoms with Crippen LogP contribution in [0.4, 0.5) is 4.39 Å². The minimum atomic E-state index is -0.644. The Bertz CT molecular complexity index is 787. The first-order valence-corrected chi connectivity index (χ1v) is 8.04. The number of piperidine rings is 1. The molecule has 122 valence electrons. The fourth-order valence-electron chi connectivity index (χ4n) is 3.96. The van der Waals surface area contributed by atoms with E-state index in [4.69, 9.17) is 0 Å². The smallest absolute Gasteiger partial charge is 0.224 e. The Hall–Kier alpha value is -1.95. The van der Waals surface area contributed by atoms with Gasteiger partial charge < -0.3 is 10.6 Å². The Labute approximate surface area is 134 Å². The third kappa shape index (κ3) is 2.24. The molecule has 1 saturated heterocycles. The number of nitrogens with one attached hydrogen (secondary N) is 2. The molecule has 1 aromatic heterocycles. The van der Waals surface area contributed by atoms with Crippen LogP contribution in [0.5, 0.6) is 0 Å². The molecule has 2 aromatic rings. The summed E-state index contributed by atoms with van der Waals surface area (Å²) < 4.78 is 15.4. The number of rotatable bonds is 3. The van der Waals surface area contributed by atoms with E-state index in [9.17, 15) is 9.18 Å². The van der Waals surface area contributed by atoms with Crippen LogP contribution in [-0.2, 0) is 17.4 Å². The summed E-state index contributed by atoms with van der Waals surface area (Å²) in [6.07, 6.45) is 0. The molecular formula is C17H21FN4O. The van der Waals surface area contributed by atoms with Gasteiger partial charge in [0.2, 0.25) is 5.91 Å². The summed E-state index contributed by atoms with van der Waals surface area (Å²) >= 11 is 0. The first-order chi connectivity index (χ1) is 10.9. The number of nitrogens with zero attached hydrogens (tertiary/aromatic N) is 2.